The molecular formula is C12H8N4O2. The van der Waals surface area contributed by atoms with Crippen molar-refractivity contribution in [2.45, 2.75) is 0 Å². The molecule has 3 aromatic heterocycles. The van der Waals surface area contributed by atoms with Crippen LogP contribution in [0.25, 0.3) is 17.2 Å². The summed E-state index contributed by atoms with van der Waals surface area (Å²) in [4.78, 5) is 19.4. The minimum atomic E-state index is -1.04. The summed E-state index contributed by atoms with van der Waals surface area (Å²) in [6.45, 7) is 0. The van der Waals surface area contributed by atoms with Crippen molar-refractivity contribution in [2.24, 2.45) is 0 Å². The highest BCUT2D eigenvalue weighted by molar-refractivity contribution is 5.86. The van der Waals surface area contributed by atoms with Gasteiger partial charge in [-0.3, -0.25) is 4.98 Å². The second-order valence-corrected chi connectivity index (χ2v) is 3.64. The Morgan fingerprint density at radius 1 is 1.17 bits per heavy atom. The molecule has 0 spiro atoms. The Kier molecular flexibility index (Phi) is 2.26. The van der Waals surface area contributed by atoms with Crippen LogP contribution in [0.2, 0.25) is 0 Å². The number of nitrogens with zero attached hydrogens (tertiary/aromatic N) is 4. The first-order valence-electron chi connectivity index (χ1n) is 5.26. The Hall–Kier alpha value is -2.76. The SMILES string of the molecule is O=C(O)c1cccc2nc(-c3ccccn3)nn12. The Labute approximate surface area is 102 Å². The van der Waals surface area contributed by atoms with Crippen LogP contribution >= 0.6 is 0 Å². The number of hydrogen-bond donors (Lipinski definition) is 1. The third-order valence-corrected chi connectivity index (χ3v) is 2.47. The zero-order valence-corrected chi connectivity index (χ0v) is 9.19. The molecular weight excluding hydrogens is 232 g/mol. The molecule has 3 rings (SSSR count). The molecule has 3 heterocycles. The molecule has 0 unspecified atom stereocenters. The summed E-state index contributed by atoms with van der Waals surface area (Å²) < 4.78 is 1.30. The first-order chi connectivity index (χ1) is 8.75. The minimum Gasteiger partial charge on any atom is -0.477 e. The molecule has 6 nitrogen and oxygen atoms in total. The van der Waals surface area contributed by atoms with Crippen molar-refractivity contribution in [3.8, 4) is 11.5 Å². The van der Waals surface area contributed by atoms with Gasteiger partial charge in [0.15, 0.2) is 11.3 Å². The van der Waals surface area contributed by atoms with E-state index in [2.05, 4.69) is 15.1 Å². The lowest BCUT2D eigenvalue weighted by Crippen LogP contribution is -2.05. The molecule has 0 aliphatic heterocycles. The fourth-order valence-electron chi connectivity index (χ4n) is 1.67. The van der Waals surface area contributed by atoms with Crippen LogP contribution in [0.15, 0.2) is 42.6 Å². The van der Waals surface area contributed by atoms with Crippen molar-refractivity contribution in [1.29, 1.82) is 0 Å². The van der Waals surface area contributed by atoms with Gasteiger partial charge in [0, 0.05) is 6.20 Å². The maximum absolute atomic E-state index is 11.1. The van der Waals surface area contributed by atoms with E-state index in [-0.39, 0.29) is 5.69 Å². The molecule has 1 N–H and O–H groups in total. The van der Waals surface area contributed by atoms with Crippen molar-refractivity contribution in [3.05, 3.63) is 48.3 Å². The number of hydrogen-bond acceptors (Lipinski definition) is 4. The van der Waals surface area contributed by atoms with Gasteiger partial charge < -0.3 is 5.11 Å². The van der Waals surface area contributed by atoms with Crippen molar-refractivity contribution >= 4 is 11.6 Å². The van der Waals surface area contributed by atoms with Crippen LogP contribution in [0.4, 0.5) is 0 Å². The van der Waals surface area contributed by atoms with Gasteiger partial charge in [0.25, 0.3) is 0 Å². The molecule has 0 saturated heterocycles. The van der Waals surface area contributed by atoms with Crippen LogP contribution in [-0.2, 0) is 0 Å². The van der Waals surface area contributed by atoms with Gasteiger partial charge in [-0.25, -0.2) is 14.3 Å². The van der Waals surface area contributed by atoms with Gasteiger partial charge in [-0.05, 0) is 24.3 Å². The Morgan fingerprint density at radius 3 is 2.78 bits per heavy atom. The van der Waals surface area contributed by atoms with Crippen LogP contribution in [0, 0.1) is 0 Å². The van der Waals surface area contributed by atoms with Crippen LogP contribution < -0.4 is 0 Å². The summed E-state index contributed by atoms with van der Waals surface area (Å²) in [5.74, 6) is -0.637. The molecule has 0 aliphatic rings. The van der Waals surface area contributed by atoms with E-state index in [0.29, 0.717) is 17.2 Å². The lowest BCUT2D eigenvalue weighted by molar-refractivity contribution is 0.0687. The lowest BCUT2D eigenvalue weighted by atomic mass is 10.3. The third-order valence-electron chi connectivity index (χ3n) is 2.47. The number of fused-ring (bicyclic) bond motifs is 1. The van der Waals surface area contributed by atoms with E-state index >= 15 is 0 Å². The van der Waals surface area contributed by atoms with E-state index in [9.17, 15) is 4.79 Å². The van der Waals surface area contributed by atoms with Gasteiger partial charge in [0.05, 0.1) is 0 Å². The smallest absolute Gasteiger partial charge is 0.354 e. The number of carboxylic acid groups (broad SMARTS) is 1. The first-order valence-corrected chi connectivity index (χ1v) is 5.26. The average molecular weight is 240 g/mol. The fraction of sp³-hybridized carbons (Fsp3) is 0. The summed E-state index contributed by atoms with van der Waals surface area (Å²) in [5.41, 5.74) is 1.16. The molecule has 0 aliphatic carbocycles. The molecule has 0 radical (unpaired) electrons. The highest BCUT2D eigenvalue weighted by atomic mass is 16.4. The van der Waals surface area contributed by atoms with Gasteiger partial charge >= 0.3 is 5.97 Å². The predicted octanol–water partition coefficient (Wildman–Crippen LogP) is 1.49. The van der Waals surface area contributed by atoms with Gasteiger partial charge in [-0.15, -0.1) is 5.10 Å². The lowest BCUT2D eigenvalue weighted by Gasteiger charge is -1.96. The molecule has 0 atom stereocenters. The molecule has 0 aromatic carbocycles. The summed E-state index contributed by atoms with van der Waals surface area (Å²) in [5, 5.41) is 13.2. The van der Waals surface area contributed by atoms with Crippen molar-refractivity contribution in [3.63, 3.8) is 0 Å². The van der Waals surface area contributed by atoms with Crippen LogP contribution in [0.5, 0.6) is 0 Å². The highest BCUT2D eigenvalue weighted by Crippen LogP contribution is 2.14. The van der Waals surface area contributed by atoms with E-state index in [1.54, 1.807) is 30.5 Å². The van der Waals surface area contributed by atoms with E-state index in [4.69, 9.17) is 5.11 Å². The summed E-state index contributed by atoms with van der Waals surface area (Å²) in [6.07, 6.45) is 1.64. The van der Waals surface area contributed by atoms with Crippen molar-refractivity contribution in [1.82, 2.24) is 19.6 Å². The number of carboxylic acids is 1. The second-order valence-electron chi connectivity index (χ2n) is 3.64. The van der Waals surface area contributed by atoms with E-state index in [0.717, 1.165) is 0 Å². The summed E-state index contributed by atoms with van der Waals surface area (Å²) >= 11 is 0. The molecule has 0 bridgehead atoms. The van der Waals surface area contributed by atoms with Gasteiger partial charge in [-0.1, -0.05) is 12.1 Å². The summed E-state index contributed by atoms with van der Waals surface area (Å²) in [6, 6.07) is 10.2. The molecule has 3 aromatic rings. The zero-order chi connectivity index (χ0) is 12.5. The van der Waals surface area contributed by atoms with Gasteiger partial charge in [-0.2, -0.15) is 0 Å². The third kappa shape index (κ3) is 1.60. The van der Waals surface area contributed by atoms with Crippen LogP contribution in [0.3, 0.4) is 0 Å². The standard InChI is InChI=1S/C12H8N4O2/c17-12(18)9-5-3-6-10-14-11(15-16(9)10)8-4-1-2-7-13-8/h1-7H,(H,17,18). The number of aromatic carboxylic acids is 1. The monoisotopic (exact) mass is 240 g/mol. The Morgan fingerprint density at radius 2 is 2.06 bits per heavy atom. The molecule has 0 amide bonds. The highest BCUT2D eigenvalue weighted by Gasteiger charge is 2.13. The van der Waals surface area contributed by atoms with Crippen LogP contribution in [-0.4, -0.2) is 30.7 Å². The average Bonchev–Trinajstić information content (AvgIpc) is 2.83. The maximum atomic E-state index is 11.1. The molecule has 18 heavy (non-hydrogen) atoms. The van der Waals surface area contributed by atoms with E-state index in [1.165, 1.54) is 10.6 Å². The quantitative estimate of drug-likeness (QED) is 0.734. The number of pyridine rings is 2. The number of carbonyl (C=O) groups is 1. The zero-order valence-electron chi connectivity index (χ0n) is 9.19. The molecule has 88 valence electrons. The molecule has 0 fully saturated rings. The summed E-state index contributed by atoms with van der Waals surface area (Å²) in [7, 11) is 0. The van der Waals surface area contributed by atoms with Crippen molar-refractivity contribution < 1.29 is 9.90 Å². The normalized spacial score (nSPS) is 10.7. The fourth-order valence-corrected chi connectivity index (χ4v) is 1.67. The minimum absolute atomic E-state index is 0.0715. The van der Waals surface area contributed by atoms with Crippen molar-refractivity contribution in [2.75, 3.05) is 0 Å². The van der Waals surface area contributed by atoms with E-state index < -0.39 is 5.97 Å². The van der Waals surface area contributed by atoms with Gasteiger partial charge in [0.1, 0.15) is 5.69 Å². The maximum Gasteiger partial charge on any atom is 0.354 e. The Bertz CT molecular complexity index is 721. The van der Waals surface area contributed by atoms with Gasteiger partial charge in [0.2, 0.25) is 5.82 Å². The molecule has 0 saturated carbocycles. The Balaban J connectivity index is 2.23. The van der Waals surface area contributed by atoms with E-state index in [1.807, 2.05) is 6.07 Å². The second kappa shape index (κ2) is 3.92. The van der Waals surface area contributed by atoms with Crippen LogP contribution in [0.1, 0.15) is 10.5 Å². The topological polar surface area (TPSA) is 80.4 Å². The largest absolute Gasteiger partial charge is 0.477 e. The number of rotatable bonds is 2. The first kappa shape index (κ1) is 10.4. The number of aromatic nitrogens is 4. The molecule has 6 heteroatoms. The predicted molar refractivity (Wildman–Crippen MR) is 63.2 cm³/mol.